The van der Waals surface area contributed by atoms with Crippen molar-refractivity contribution in [2.45, 2.75) is 52.5 Å². The van der Waals surface area contributed by atoms with Gasteiger partial charge >= 0.3 is 0 Å². The number of hydrogen-bond donors (Lipinski definition) is 1. The minimum absolute atomic E-state index is 0.0844. The smallest absolute Gasteiger partial charge is 0.251 e. The third-order valence-corrected chi connectivity index (χ3v) is 4.23. The van der Waals surface area contributed by atoms with Crippen molar-refractivity contribution in [3.63, 3.8) is 0 Å². The Morgan fingerprint density at radius 1 is 1.43 bits per heavy atom. The van der Waals surface area contributed by atoms with Crippen molar-refractivity contribution < 1.29 is 4.79 Å². The molecule has 1 atom stereocenters. The molecule has 3 nitrogen and oxygen atoms in total. The summed E-state index contributed by atoms with van der Waals surface area (Å²) in [6, 6.07) is 3.61. The lowest BCUT2D eigenvalue weighted by Crippen LogP contribution is -2.33. The fourth-order valence-corrected chi connectivity index (χ4v) is 2.81. The van der Waals surface area contributed by atoms with Gasteiger partial charge in [0.25, 0.3) is 5.91 Å². The van der Waals surface area contributed by atoms with Crippen molar-refractivity contribution in [2.75, 3.05) is 11.5 Å². The van der Waals surface area contributed by atoms with E-state index in [0.29, 0.717) is 10.7 Å². The van der Waals surface area contributed by atoms with Gasteiger partial charge in [-0.15, -0.1) is 0 Å². The topological polar surface area (TPSA) is 42.0 Å². The zero-order valence-electron chi connectivity index (χ0n) is 13.5. The molecule has 1 aromatic rings. The number of halogens is 1. The zero-order chi connectivity index (χ0) is 16.0. The number of nitrogens with zero attached hydrogens (tertiary/aromatic N) is 1. The Morgan fingerprint density at radius 3 is 2.67 bits per heavy atom. The molecular formula is C16H25ClN2OS. The molecule has 0 aromatic carbocycles. The molecule has 0 bridgehead atoms. The van der Waals surface area contributed by atoms with Crippen LogP contribution in [0.15, 0.2) is 12.1 Å². The number of nitrogens with one attached hydrogen (secondary N) is 1. The molecule has 0 aliphatic heterocycles. The third kappa shape index (κ3) is 6.27. The fourth-order valence-electron chi connectivity index (χ4n) is 1.80. The highest BCUT2D eigenvalue weighted by Gasteiger charge is 2.19. The maximum absolute atomic E-state index is 12.3. The normalized spacial score (nSPS) is 13.0. The minimum atomic E-state index is -0.136. The van der Waals surface area contributed by atoms with Crippen molar-refractivity contribution in [1.29, 1.82) is 0 Å². The van der Waals surface area contributed by atoms with E-state index in [0.717, 1.165) is 23.6 Å². The van der Waals surface area contributed by atoms with Crippen LogP contribution in [-0.2, 0) is 5.41 Å². The Bertz CT molecular complexity index is 486. The molecule has 1 rings (SSSR count). The number of aromatic nitrogens is 1. The van der Waals surface area contributed by atoms with Crippen LogP contribution in [0, 0.1) is 0 Å². The highest BCUT2D eigenvalue weighted by Crippen LogP contribution is 2.23. The second-order valence-corrected chi connectivity index (χ2v) is 7.95. The largest absolute Gasteiger partial charge is 0.350 e. The summed E-state index contributed by atoms with van der Waals surface area (Å²) < 4.78 is 0. The summed E-state index contributed by atoms with van der Waals surface area (Å²) in [5, 5.41) is 3.39. The van der Waals surface area contributed by atoms with Gasteiger partial charge in [-0.3, -0.25) is 4.79 Å². The van der Waals surface area contributed by atoms with Gasteiger partial charge in [0.05, 0.1) is 0 Å². The van der Waals surface area contributed by atoms with Gasteiger partial charge in [0.1, 0.15) is 5.15 Å². The monoisotopic (exact) mass is 328 g/mol. The lowest BCUT2D eigenvalue weighted by molar-refractivity contribution is 0.0939. The van der Waals surface area contributed by atoms with E-state index in [2.05, 4.69) is 38.0 Å². The Balaban J connectivity index is 2.76. The molecule has 5 heteroatoms. The van der Waals surface area contributed by atoms with Gasteiger partial charge < -0.3 is 5.32 Å². The Morgan fingerprint density at radius 2 is 2.10 bits per heavy atom. The van der Waals surface area contributed by atoms with E-state index < -0.39 is 0 Å². The van der Waals surface area contributed by atoms with Gasteiger partial charge in [0.2, 0.25) is 0 Å². The second-order valence-electron chi connectivity index (χ2n) is 6.17. The number of pyridine rings is 1. The zero-order valence-corrected chi connectivity index (χ0v) is 15.1. The van der Waals surface area contributed by atoms with Crippen LogP contribution in [0.1, 0.15) is 57.1 Å². The van der Waals surface area contributed by atoms with Gasteiger partial charge in [-0.2, -0.15) is 11.8 Å². The maximum atomic E-state index is 12.3. The lowest BCUT2D eigenvalue weighted by atomic mass is 9.91. The summed E-state index contributed by atoms with van der Waals surface area (Å²) in [6.45, 7) is 10.3. The first-order valence-corrected chi connectivity index (χ1v) is 8.84. The predicted octanol–water partition coefficient (Wildman–Crippen LogP) is 4.29. The molecule has 0 aliphatic rings. The first-order chi connectivity index (χ1) is 9.74. The van der Waals surface area contributed by atoms with Crippen LogP contribution in [0.5, 0.6) is 0 Å². The Kier molecular flexibility index (Phi) is 7.01. The van der Waals surface area contributed by atoms with Gasteiger partial charge in [0.15, 0.2) is 0 Å². The quantitative estimate of drug-likeness (QED) is 0.625. The van der Waals surface area contributed by atoms with E-state index in [1.807, 2.05) is 24.8 Å². The number of carbonyl (C=O) groups is 1. The van der Waals surface area contributed by atoms with Gasteiger partial charge in [0, 0.05) is 22.7 Å². The fraction of sp³-hybridized carbons (Fsp3) is 0.625. The number of thioether (sulfide) groups is 1. The van der Waals surface area contributed by atoms with E-state index in [1.165, 1.54) is 0 Å². The van der Waals surface area contributed by atoms with Crippen molar-refractivity contribution >= 4 is 29.3 Å². The summed E-state index contributed by atoms with van der Waals surface area (Å²) in [5.74, 6) is 2.08. The molecule has 1 heterocycles. The van der Waals surface area contributed by atoms with E-state index >= 15 is 0 Å². The predicted molar refractivity (Wildman–Crippen MR) is 92.5 cm³/mol. The maximum Gasteiger partial charge on any atom is 0.251 e. The number of carbonyl (C=O) groups excluding carboxylic acids is 1. The third-order valence-electron chi connectivity index (χ3n) is 3.10. The molecule has 0 radical (unpaired) electrons. The molecule has 0 fully saturated rings. The van der Waals surface area contributed by atoms with Crippen LogP contribution in [0.25, 0.3) is 0 Å². The first-order valence-electron chi connectivity index (χ1n) is 7.30. The van der Waals surface area contributed by atoms with Crippen molar-refractivity contribution in [1.82, 2.24) is 10.3 Å². The SMILES string of the molecule is CCSCCC(C)NC(=O)c1cc(Cl)nc(C(C)(C)C)c1. The number of rotatable bonds is 6. The molecule has 0 saturated carbocycles. The van der Waals surface area contributed by atoms with Crippen LogP contribution in [-0.4, -0.2) is 28.4 Å². The molecule has 21 heavy (non-hydrogen) atoms. The molecular weight excluding hydrogens is 304 g/mol. The second kappa shape index (κ2) is 8.04. The van der Waals surface area contributed by atoms with Gasteiger partial charge in [-0.25, -0.2) is 4.98 Å². The van der Waals surface area contributed by atoms with E-state index in [4.69, 9.17) is 11.6 Å². The summed E-state index contributed by atoms with van der Waals surface area (Å²) >= 11 is 7.93. The first kappa shape index (κ1) is 18.3. The Labute approximate surface area is 137 Å². The average Bonchev–Trinajstić information content (AvgIpc) is 2.37. The van der Waals surface area contributed by atoms with Crippen LogP contribution in [0.2, 0.25) is 5.15 Å². The van der Waals surface area contributed by atoms with Gasteiger partial charge in [-0.1, -0.05) is 39.3 Å². The molecule has 1 N–H and O–H groups in total. The minimum Gasteiger partial charge on any atom is -0.350 e. The van der Waals surface area contributed by atoms with E-state index in [1.54, 1.807) is 6.07 Å². The summed E-state index contributed by atoms with van der Waals surface area (Å²) in [6.07, 6.45) is 0.967. The molecule has 0 spiro atoms. The average molecular weight is 329 g/mol. The standard InChI is InChI=1S/C16H25ClN2OS/c1-6-21-8-7-11(2)18-15(20)12-9-13(16(3,4)5)19-14(17)10-12/h9-11H,6-8H2,1-5H3,(H,18,20). The summed E-state index contributed by atoms with van der Waals surface area (Å²) in [4.78, 5) is 16.6. The summed E-state index contributed by atoms with van der Waals surface area (Å²) in [5.41, 5.74) is 1.27. The Hall–Kier alpha value is -0.740. The van der Waals surface area contributed by atoms with E-state index in [-0.39, 0.29) is 17.4 Å². The molecule has 1 amide bonds. The molecule has 118 valence electrons. The van der Waals surface area contributed by atoms with Crippen LogP contribution in [0.3, 0.4) is 0 Å². The molecule has 0 saturated heterocycles. The van der Waals surface area contributed by atoms with Crippen LogP contribution >= 0.6 is 23.4 Å². The van der Waals surface area contributed by atoms with E-state index in [9.17, 15) is 4.79 Å². The molecule has 1 aromatic heterocycles. The van der Waals surface area contributed by atoms with Crippen molar-refractivity contribution in [3.05, 3.63) is 28.5 Å². The van der Waals surface area contributed by atoms with Crippen LogP contribution in [0.4, 0.5) is 0 Å². The lowest BCUT2D eigenvalue weighted by Gasteiger charge is -2.19. The van der Waals surface area contributed by atoms with Crippen molar-refractivity contribution in [2.24, 2.45) is 0 Å². The van der Waals surface area contributed by atoms with Crippen LogP contribution < -0.4 is 5.32 Å². The molecule has 0 aliphatic carbocycles. The molecule has 1 unspecified atom stereocenters. The summed E-state index contributed by atoms with van der Waals surface area (Å²) in [7, 11) is 0. The highest BCUT2D eigenvalue weighted by atomic mass is 35.5. The number of hydrogen-bond acceptors (Lipinski definition) is 3. The van der Waals surface area contributed by atoms with Crippen molar-refractivity contribution in [3.8, 4) is 0 Å². The highest BCUT2D eigenvalue weighted by molar-refractivity contribution is 7.99. The van der Waals surface area contributed by atoms with Gasteiger partial charge in [-0.05, 0) is 37.0 Å². The number of amides is 1.